The largest absolute Gasteiger partial charge is 0.368 e. The van der Waals surface area contributed by atoms with Gasteiger partial charge < -0.3 is 15.1 Å². The lowest BCUT2D eigenvalue weighted by molar-refractivity contribution is -0.130. The number of carbonyl (C=O) groups is 2. The van der Waals surface area contributed by atoms with Gasteiger partial charge in [-0.2, -0.15) is 0 Å². The van der Waals surface area contributed by atoms with Crippen LogP contribution in [0, 0.1) is 5.82 Å². The number of rotatable bonds is 5. The van der Waals surface area contributed by atoms with Gasteiger partial charge >= 0.3 is 5.24 Å². The van der Waals surface area contributed by atoms with Crippen LogP contribution in [0.25, 0.3) is 0 Å². The fraction of sp³-hybridized carbons (Fsp3) is 0.500. The van der Waals surface area contributed by atoms with Crippen LogP contribution in [0.5, 0.6) is 0 Å². The Kier molecular flexibility index (Phi) is 6.35. The van der Waals surface area contributed by atoms with Gasteiger partial charge in [0.1, 0.15) is 5.82 Å². The molecule has 0 saturated carbocycles. The summed E-state index contributed by atoms with van der Waals surface area (Å²) in [4.78, 5) is 27.2. The van der Waals surface area contributed by atoms with Gasteiger partial charge in [-0.15, -0.1) is 0 Å². The molecule has 0 aromatic heterocycles. The van der Waals surface area contributed by atoms with Crippen LogP contribution in [-0.2, 0) is 14.6 Å². The van der Waals surface area contributed by atoms with Crippen LogP contribution >= 0.6 is 0 Å². The third-order valence-electron chi connectivity index (χ3n) is 3.94. The van der Waals surface area contributed by atoms with Crippen LogP contribution in [0.3, 0.4) is 0 Å². The molecule has 0 atom stereocenters. The number of benzene rings is 1. The van der Waals surface area contributed by atoms with E-state index in [-0.39, 0.29) is 24.0 Å². The van der Waals surface area contributed by atoms with Crippen LogP contribution < -0.4 is 10.2 Å². The van der Waals surface area contributed by atoms with Crippen LogP contribution in [0.1, 0.15) is 13.3 Å². The predicted octanol–water partition coefficient (Wildman–Crippen LogP) is 1.01. The number of nitrogens with one attached hydrogen (secondary N) is 1. The molecule has 0 spiro atoms. The summed E-state index contributed by atoms with van der Waals surface area (Å²) in [5, 5.41) is 1.06. The Morgan fingerprint density at radius 1 is 1.20 bits per heavy atom. The van der Waals surface area contributed by atoms with Gasteiger partial charge in [-0.05, 0) is 24.6 Å². The second-order valence-electron chi connectivity index (χ2n) is 5.81. The van der Waals surface area contributed by atoms with Crippen molar-refractivity contribution in [1.82, 2.24) is 10.2 Å². The van der Waals surface area contributed by atoms with Crippen molar-refractivity contribution in [2.45, 2.75) is 13.3 Å². The van der Waals surface area contributed by atoms with E-state index < -0.39 is 15.1 Å². The van der Waals surface area contributed by atoms with Gasteiger partial charge in [0.15, 0.2) is 0 Å². The number of hydrogen-bond donors (Lipinski definition) is 1. The number of piperazine rings is 1. The summed E-state index contributed by atoms with van der Waals surface area (Å²) >= 11 is 0. The van der Waals surface area contributed by atoms with Gasteiger partial charge in [-0.3, -0.25) is 9.59 Å². The highest BCUT2D eigenvalue weighted by atomic mass is 32.2. The molecular weight excluding hydrogens is 349 g/mol. The molecule has 1 aliphatic rings. The molecule has 2 amide bonds. The van der Waals surface area contributed by atoms with Crippen molar-refractivity contribution in [2.24, 2.45) is 0 Å². The van der Waals surface area contributed by atoms with Gasteiger partial charge in [-0.1, -0.05) is 13.0 Å². The first-order valence-corrected chi connectivity index (χ1v) is 9.77. The summed E-state index contributed by atoms with van der Waals surface area (Å²) in [6.07, 6.45) is 0.339. The van der Waals surface area contributed by atoms with Crippen molar-refractivity contribution < 1.29 is 22.4 Å². The fourth-order valence-corrected chi connectivity index (χ4v) is 3.63. The fourth-order valence-electron chi connectivity index (χ4n) is 2.62. The van der Waals surface area contributed by atoms with E-state index in [9.17, 15) is 22.4 Å². The molecule has 1 heterocycles. The maximum Gasteiger partial charge on any atom is 0.336 e. The molecule has 0 unspecified atom stereocenters. The first-order chi connectivity index (χ1) is 11.8. The zero-order valence-electron chi connectivity index (χ0n) is 14.1. The smallest absolute Gasteiger partial charge is 0.336 e. The topological polar surface area (TPSA) is 86.8 Å². The van der Waals surface area contributed by atoms with Crippen LogP contribution in [0.4, 0.5) is 14.9 Å². The van der Waals surface area contributed by atoms with E-state index in [1.807, 2.05) is 4.90 Å². The number of nitrogens with zero attached hydrogens (tertiary/aromatic N) is 2. The molecule has 1 aromatic carbocycles. The van der Waals surface area contributed by atoms with Crippen LogP contribution in [0.2, 0.25) is 0 Å². The minimum Gasteiger partial charge on any atom is -0.368 e. The van der Waals surface area contributed by atoms with E-state index >= 15 is 0 Å². The van der Waals surface area contributed by atoms with E-state index in [0.29, 0.717) is 32.6 Å². The molecule has 138 valence electrons. The molecule has 0 radical (unpaired) electrons. The van der Waals surface area contributed by atoms with Crippen molar-refractivity contribution in [1.29, 1.82) is 0 Å². The molecule has 9 heteroatoms. The van der Waals surface area contributed by atoms with Gasteiger partial charge in [0, 0.05) is 31.9 Å². The monoisotopic (exact) mass is 371 g/mol. The van der Waals surface area contributed by atoms with E-state index in [0.717, 1.165) is 5.69 Å². The first-order valence-electron chi connectivity index (χ1n) is 8.12. The Morgan fingerprint density at radius 3 is 2.48 bits per heavy atom. The quantitative estimate of drug-likeness (QED) is 0.835. The molecule has 1 N–H and O–H groups in total. The molecule has 1 fully saturated rings. The summed E-state index contributed by atoms with van der Waals surface area (Å²) in [6, 6.07) is 6.25. The average molecular weight is 371 g/mol. The lowest BCUT2D eigenvalue weighted by Crippen LogP contribution is -2.51. The number of hydrogen-bond acceptors (Lipinski definition) is 5. The lowest BCUT2D eigenvalue weighted by atomic mass is 10.2. The van der Waals surface area contributed by atoms with E-state index in [2.05, 4.69) is 5.32 Å². The SMILES string of the molecule is CCCS(=O)(=O)C(=O)NCC(=O)N1CCN(c2cccc(F)c2)CC1. The van der Waals surface area contributed by atoms with Gasteiger partial charge in [0.25, 0.3) is 0 Å². The van der Waals surface area contributed by atoms with Crippen molar-refractivity contribution in [2.75, 3.05) is 43.4 Å². The molecule has 1 saturated heterocycles. The van der Waals surface area contributed by atoms with Gasteiger partial charge in [0.2, 0.25) is 15.7 Å². The highest BCUT2D eigenvalue weighted by molar-refractivity contribution is 8.06. The summed E-state index contributed by atoms with van der Waals surface area (Å²) in [5.74, 6) is -0.884. The van der Waals surface area contributed by atoms with Crippen molar-refractivity contribution in [3.05, 3.63) is 30.1 Å². The summed E-state index contributed by atoms with van der Waals surface area (Å²) < 4.78 is 36.4. The standard InChI is InChI=1S/C16H22FN3O4S/c1-2-10-25(23,24)16(22)18-12-15(21)20-8-6-19(7-9-20)14-5-3-4-13(17)11-14/h3-5,11H,2,6-10,12H2,1H3,(H,18,22). The normalized spacial score (nSPS) is 15.1. The maximum atomic E-state index is 13.3. The second-order valence-corrected chi connectivity index (χ2v) is 7.82. The Morgan fingerprint density at radius 2 is 1.88 bits per heavy atom. The zero-order valence-corrected chi connectivity index (χ0v) is 14.9. The molecule has 7 nitrogen and oxygen atoms in total. The molecule has 1 aliphatic heterocycles. The predicted molar refractivity (Wildman–Crippen MR) is 92.7 cm³/mol. The molecule has 0 aliphatic carbocycles. The Balaban J connectivity index is 1.82. The average Bonchev–Trinajstić information content (AvgIpc) is 2.59. The highest BCUT2D eigenvalue weighted by Gasteiger charge is 2.25. The van der Waals surface area contributed by atoms with E-state index in [1.165, 1.54) is 12.1 Å². The Labute approximate surface area is 146 Å². The first kappa shape index (κ1) is 19.2. The number of halogens is 1. The summed E-state index contributed by atoms with van der Waals surface area (Å²) in [7, 11) is -3.85. The number of amides is 2. The zero-order chi connectivity index (χ0) is 18.4. The van der Waals surface area contributed by atoms with Crippen molar-refractivity contribution in [3.63, 3.8) is 0 Å². The molecule has 1 aromatic rings. The third-order valence-corrected chi connectivity index (χ3v) is 5.60. The molecule has 2 rings (SSSR count). The van der Waals surface area contributed by atoms with Gasteiger partial charge in [0.05, 0.1) is 12.3 Å². The van der Waals surface area contributed by atoms with Crippen LogP contribution in [-0.4, -0.2) is 62.9 Å². The minimum absolute atomic E-state index is 0.237. The number of anilines is 1. The van der Waals surface area contributed by atoms with Crippen molar-refractivity contribution >= 4 is 26.7 Å². The maximum absolute atomic E-state index is 13.3. The van der Waals surface area contributed by atoms with E-state index in [1.54, 1.807) is 24.0 Å². The van der Waals surface area contributed by atoms with Gasteiger partial charge in [-0.25, -0.2) is 12.8 Å². The Hall–Kier alpha value is -2.16. The number of carbonyl (C=O) groups excluding carboxylic acids is 2. The molecule has 0 bridgehead atoms. The number of sulfone groups is 1. The summed E-state index contributed by atoms with van der Waals surface area (Å²) in [5.41, 5.74) is 0.756. The van der Waals surface area contributed by atoms with Crippen LogP contribution in [0.15, 0.2) is 24.3 Å². The Bertz CT molecular complexity index is 731. The molecule has 25 heavy (non-hydrogen) atoms. The summed E-state index contributed by atoms with van der Waals surface area (Å²) in [6.45, 7) is 3.24. The highest BCUT2D eigenvalue weighted by Crippen LogP contribution is 2.17. The lowest BCUT2D eigenvalue weighted by Gasteiger charge is -2.36. The third kappa shape index (κ3) is 5.15. The van der Waals surface area contributed by atoms with Crippen molar-refractivity contribution in [3.8, 4) is 0 Å². The minimum atomic E-state index is -3.85. The van der Waals surface area contributed by atoms with E-state index in [4.69, 9.17) is 0 Å². The second kappa shape index (κ2) is 8.28. The molecular formula is C16H22FN3O4S.